The minimum Gasteiger partial charge on any atom is -0.272 e. The highest BCUT2D eigenvalue weighted by molar-refractivity contribution is 5.16. The third kappa shape index (κ3) is 2.64. The van der Waals surface area contributed by atoms with Crippen LogP contribution in [-0.2, 0) is 6.42 Å². The highest BCUT2D eigenvalue weighted by atomic mass is 15.2. The number of rotatable bonds is 3. The summed E-state index contributed by atoms with van der Waals surface area (Å²) in [5, 5.41) is 18.1. The lowest BCUT2D eigenvalue weighted by molar-refractivity contribution is 0.260. The fourth-order valence-corrected chi connectivity index (χ4v) is 2.36. The number of nitrogens with zero attached hydrogens (tertiary/aromatic N) is 3. The molecule has 0 saturated carbocycles. The molecule has 2 rings (SSSR count). The zero-order valence-corrected chi connectivity index (χ0v) is 9.71. The van der Waals surface area contributed by atoms with Crippen LogP contribution in [0.4, 0.5) is 0 Å². The summed E-state index contributed by atoms with van der Waals surface area (Å²) in [5.74, 6) is 0. The van der Waals surface area contributed by atoms with E-state index in [1.54, 1.807) is 0 Å². The van der Waals surface area contributed by atoms with Crippen LogP contribution in [-0.4, -0.2) is 23.5 Å². The molecule has 0 N–H and O–H groups in total. The van der Waals surface area contributed by atoms with Crippen molar-refractivity contribution in [2.24, 2.45) is 0 Å². The van der Waals surface area contributed by atoms with E-state index in [4.69, 9.17) is 10.5 Å². The van der Waals surface area contributed by atoms with Gasteiger partial charge in [0.15, 0.2) is 0 Å². The Kier molecular flexibility index (Phi) is 3.75. The number of benzene rings is 1. The van der Waals surface area contributed by atoms with Gasteiger partial charge in [0.25, 0.3) is 0 Å². The molecule has 3 heteroatoms. The van der Waals surface area contributed by atoms with Crippen LogP contribution in [0.1, 0.15) is 18.4 Å². The highest BCUT2D eigenvalue weighted by Crippen LogP contribution is 2.23. The minimum atomic E-state index is -0.0802. The standard InChI is InChI=1S/C14H15N3/c15-10-13-6-7-14(11-16)17(13)9-8-12-4-2-1-3-5-12/h1-5,13-14H,6-9H2. The van der Waals surface area contributed by atoms with E-state index in [-0.39, 0.29) is 12.1 Å². The zero-order chi connectivity index (χ0) is 12.1. The van der Waals surface area contributed by atoms with Crippen LogP contribution in [0, 0.1) is 22.7 Å². The van der Waals surface area contributed by atoms with Crippen molar-refractivity contribution in [2.75, 3.05) is 6.54 Å². The molecular formula is C14H15N3. The van der Waals surface area contributed by atoms with Crippen LogP contribution in [0.5, 0.6) is 0 Å². The normalized spacial score (nSPS) is 24.1. The van der Waals surface area contributed by atoms with E-state index in [0.29, 0.717) is 0 Å². The molecule has 1 fully saturated rings. The SMILES string of the molecule is N#CC1CCC(C#N)N1CCc1ccccc1. The van der Waals surface area contributed by atoms with Gasteiger partial charge in [-0.1, -0.05) is 30.3 Å². The molecule has 0 spiro atoms. The van der Waals surface area contributed by atoms with Crippen molar-refractivity contribution >= 4 is 0 Å². The number of hydrogen-bond acceptors (Lipinski definition) is 3. The van der Waals surface area contributed by atoms with E-state index >= 15 is 0 Å². The Morgan fingerprint density at radius 1 is 1.06 bits per heavy atom. The lowest BCUT2D eigenvalue weighted by Gasteiger charge is -2.22. The molecule has 1 aliphatic rings. The second-order valence-electron chi connectivity index (χ2n) is 4.34. The molecule has 86 valence electrons. The summed E-state index contributed by atoms with van der Waals surface area (Å²) in [6.07, 6.45) is 2.55. The highest BCUT2D eigenvalue weighted by Gasteiger charge is 2.32. The summed E-state index contributed by atoms with van der Waals surface area (Å²) in [6, 6.07) is 14.6. The maximum Gasteiger partial charge on any atom is 0.0989 e. The first-order valence-corrected chi connectivity index (χ1v) is 5.94. The van der Waals surface area contributed by atoms with E-state index in [1.807, 2.05) is 23.1 Å². The topological polar surface area (TPSA) is 50.8 Å². The van der Waals surface area contributed by atoms with E-state index in [9.17, 15) is 0 Å². The van der Waals surface area contributed by atoms with Gasteiger partial charge >= 0.3 is 0 Å². The van der Waals surface area contributed by atoms with Gasteiger partial charge in [0.05, 0.1) is 24.2 Å². The van der Waals surface area contributed by atoms with Crippen molar-refractivity contribution in [3.63, 3.8) is 0 Å². The molecule has 1 aromatic carbocycles. The predicted octanol–water partition coefficient (Wildman–Crippen LogP) is 2.11. The Labute approximate surface area is 102 Å². The Hall–Kier alpha value is -1.84. The lowest BCUT2D eigenvalue weighted by Crippen LogP contribution is -2.36. The molecule has 3 nitrogen and oxygen atoms in total. The van der Waals surface area contributed by atoms with Crippen molar-refractivity contribution in [2.45, 2.75) is 31.3 Å². The van der Waals surface area contributed by atoms with Gasteiger partial charge in [-0.25, -0.2) is 0 Å². The van der Waals surface area contributed by atoms with Crippen LogP contribution in [0.2, 0.25) is 0 Å². The summed E-state index contributed by atoms with van der Waals surface area (Å²) >= 11 is 0. The third-order valence-corrected chi connectivity index (χ3v) is 3.31. The molecule has 2 unspecified atom stereocenters. The van der Waals surface area contributed by atoms with E-state index in [2.05, 4.69) is 24.3 Å². The average Bonchev–Trinajstić information content (AvgIpc) is 2.79. The maximum atomic E-state index is 9.05. The second kappa shape index (κ2) is 5.48. The Morgan fingerprint density at radius 2 is 1.65 bits per heavy atom. The minimum absolute atomic E-state index is 0.0802. The summed E-state index contributed by atoms with van der Waals surface area (Å²) in [5.41, 5.74) is 1.26. The Balaban J connectivity index is 1.98. The molecule has 1 aliphatic heterocycles. The molecule has 0 radical (unpaired) electrons. The molecule has 0 aliphatic carbocycles. The number of likely N-dealkylation sites (tertiary alicyclic amines) is 1. The molecule has 2 atom stereocenters. The molecule has 0 aromatic heterocycles. The first-order valence-electron chi connectivity index (χ1n) is 5.94. The van der Waals surface area contributed by atoms with Gasteiger partial charge in [-0.05, 0) is 24.8 Å². The summed E-state index contributed by atoms with van der Waals surface area (Å²) in [7, 11) is 0. The lowest BCUT2D eigenvalue weighted by atomic mass is 10.1. The van der Waals surface area contributed by atoms with Crippen molar-refractivity contribution in [1.82, 2.24) is 4.90 Å². The van der Waals surface area contributed by atoms with E-state index in [0.717, 1.165) is 25.8 Å². The summed E-state index contributed by atoms with van der Waals surface area (Å²) < 4.78 is 0. The Bertz CT molecular complexity index is 419. The van der Waals surface area contributed by atoms with Crippen LogP contribution in [0.3, 0.4) is 0 Å². The second-order valence-corrected chi connectivity index (χ2v) is 4.34. The van der Waals surface area contributed by atoms with Crippen LogP contribution >= 0.6 is 0 Å². The van der Waals surface area contributed by atoms with E-state index in [1.165, 1.54) is 5.56 Å². The number of hydrogen-bond donors (Lipinski definition) is 0. The van der Waals surface area contributed by atoms with Gasteiger partial charge in [0, 0.05) is 6.54 Å². The maximum absolute atomic E-state index is 9.05. The molecule has 1 heterocycles. The van der Waals surface area contributed by atoms with Crippen LogP contribution in [0.15, 0.2) is 30.3 Å². The average molecular weight is 225 g/mol. The fourth-order valence-electron chi connectivity index (χ4n) is 2.36. The van der Waals surface area contributed by atoms with Crippen molar-refractivity contribution in [3.05, 3.63) is 35.9 Å². The van der Waals surface area contributed by atoms with Gasteiger partial charge < -0.3 is 0 Å². The van der Waals surface area contributed by atoms with Gasteiger partial charge in [0.2, 0.25) is 0 Å². The van der Waals surface area contributed by atoms with Crippen molar-refractivity contribution in [3.8, 4) is 12.1 Å². The van der Waals surface area contributed by atoms with Crippen molar-refractivity contribution < 1.29 is 0 Å². The van der Waals surface area contributed by atoms with Gasteiger partial charge in [-0.15, -0.1) is 0 Å². The molecule has 17 heavy (non-hydrogen) atoms. The van der Waals surface area contributed by atoms with Crippen molar-refractivity contribution in [1.29, 1.82) is 10.5 Å². The fraction of sp³-hybridized carbons (Fsp3) is 0.429. The zero-order valence-electron chi connectivity index (χ0n) is 9.71. The summed E-state index contributed by atoms with van der Waals surface area (Å²) in [4.78, 5) is 2.03. The third-order valence-electron chi connectivity index (χ3n) is 3.31. The van der Waals surface area contributed by atoms with Gasteiger partial charge in [-0.3, -0.25) is 4.90 Å². The first kappa shape index (κ1) is 11.6. The van der Waals surface area contributed by atoms with Gasteiger partial charge in [0.1, 0.15) is 0 Å². The largest absolute Gasteiger partial charge is 0.272 e. The van der Waals surface area contributed by atoms with Gasteiger partial charge in [-0.2, -0.15) is 10.5 Å². The van der Waals surface area contributed by atoms with Crippen LogP contribution < -0.4 is 0 Å². The molecule has 1 aromatic rings. The molecule has 0 amide bonds. The number of nitriles is 2. The smallest absolute Gasteiger partial charge is 0.0989 e. The van der Waals surface area contributed by atoms with E-state index < -0.39 is 0 Å². The quantitative estimate of drug-likeness (QED) is 0.791. The first-order chi connectivity index (χ1) is 8.35. The predicted molar refractivity (Wildman–Crippen MR) is 64.9 cm³/mol. The molecule has 1 saturated heterocycles. The summed E-state index contributed by atoms with van der Waals surface area (Å²) in [6.45, 7) is 0.792. The van der Waals surface area contributed by atoms with Crippen LogP contribution in [0.25, 0.3) is 0 Å². The molecular weight excluding hydrogens is 210 g/mol. The Morgan fingerprint density at radius 3 is 2.18 bits per heavy atom. The molecule has 0 bridgehead atoms. The monoisotopic (exact) mass is 225 g/mol.